The highest BCUT2D eigenvalue weighted by Gasteiger charge is 2.19. The summed E-state index contributed by atoms with van der Waals surface area (Å²) in [5.41, 5.74) is 0.960. The highest BCUT2D eigenvalue weighted by Crippen LogP contribution is 2.29. The molecule has 0 radical (unpaired) electrons. The molecule has 3 nitrogen and oxygen atoms in total. The van der Waals surface area contributed by atoms with Crippen molar-refractivity contribution >= 4 is 15.9 Å². The topological polar surface area (TPSA) is 43.7 Å². The molecule has 2 N–H and O–H groups in total. The lowest BCUT2D eigenvalue weighted by molar-refractivity contribution is 0.127. The third-order valence-electron chi connectivity index (χ3n) is 3.43. The van der Waals surface area contributed by atoms with Gasteiger partial charge in [-0.3, -0.25) is 4.90 Å². The number of aromatic hydroxyl groups is 1. The van der Waals surface area contributed by atoms with Crippen LogP contribution in [0, 0.1) is 5.92 Å². The van der Waals surface area contributed by atoms with E-state index in [1.165, 1.54) is 0 Å². The summed E-state index contributed by atoms with van der Waals surface area (Å²) in [5.74, 6) is 0.805. The van der Waals surface area contributed by atoms with Crippen LogP contribution in [0.2, 0.25) is 0 Å². The second kappa shape index (κ2) is 5.85. The fourth-order valence-electron chi connectivity index (χ4n) is 2.26. The van der Waals surface area contributed by atoms with E-state index in [1.807, 2.05) is 18.2 Å². The van der Waals surface area contributed by atoms with Crippen molar-refractivity contribution in [2.24, 2.45) is 5.92 Å². The number of para-hydroxylation sites is 1. The number of halogens is 1. The van der Waals surface area contributed by atoms with Crippen molar-refractivity contribution in [1.82, 2.24) is 4.90 Å². The predicted octanol–water partition coefficient (Wildman–Crippen LogP) is 2.36. The Kier molecular flexibility index (Phi) is 4.42. The van der Waals surface area contributed by atoms with Gasteiger partial charge in [0, 0.05) is 18.7 Å². The quantitative estimate of drug-likeness (QED) is 0.900. The van der Waals surface area contributed by atoms with Crippen molar-refractivity contribution in [3.05, 3.63) is 28.2 Å². The zero-order chi connectivity index (χ0) is 12.3. The van der Waals surface area contributed by atoms with E-state index in [-0.39, 0.29) is 0 Å². The van der Waals surface area contributed by atoms with E-state index >= 15 is 0 Å². The average Bonchev–Trinajstić information content (AvgIpc) is 2.36. The van der Waals surface area contributed by atoms with E-state index in [9.17, 15) is 5.11 Å². The molecule has 1 aromatic rings. The van der Waals surface area contributed by atoms with Gasteiger partial charge in [0.1, 0.15) is 5.75 Å². The Labute approximate surface area is 110 Å². The molecule has 1 heterocycles. The fraction of sp³-hybridized carbons (Fsp3) is 0.538. The van der Waals surface area contributed by atoms with E-state index < -0.39 is 0 Å². The van der Waals surface area contributed by atoms with E-state index in [0.29, 0.717) is 18.3 Å². The van der Waals surface area contributed by atoms with Gasteiger partial charge in [-0.15, -0.1) is 0 Å². The number of rotatable bonds is 3. The molecule has 1 aromatic carbocycles. The van der Waals surface area contributed by atoms with Crippen LogP contribution < -0.4 is 0 Å². The summed E-state index contributed by atoms with van der Waals surface area (Å²) in [6.07, 6.45) is 2.09. The minimum Gasteiger partial charge on any atom is -0.506 e. The molecule has 0 bridgehead atoms. The molecule has 1 saturated heterocycles. The molecule has 2 rings (SSSR count). The first-order valence-electron chi connectivity index (χ1n) is 6.00. The van der Waals surface area contributed by atoms with Crippen LogP contribution in [0.3, 0.4) is 0 Å². The van der Waals surface area contributed by atoms with Gasteiger partial charge in [0.2, 0.25) is 0 Å². The number of aliphatic hydroxyl groups is 1. The first-order valence-corrected chi connectivity index (χ1v) is 6.79. The Morgan fingerprint density at radius 2 is 2.00 bits per heavy atom. The third-order valence-corrected chi connectivity index (χ3v) is 4.07. The van der Waals surface area contributed by atoms with Gasteiger partial charge in [0.25, 0.3) is 0 Å². The molecular formula is C13H18BrNO2. The summed E-state index contributed by atoms with van der Waals surface area (Å²) < 4.78 is 0.750. The number of benzene rings is 1. The molecule has 1 aliphatic heterocycles. The maximum Gasteiger partial charge on any atom is 0.134 e. The van der Waals surface area contributed by atoms with Crippen molar-refractivity contribution in [2.45, 2.75) is 19.4 Å². The number of phenols is 1. The predicted molar refractivity (Wildman–Crippen MR) is 70.9 cm³/mol. The lowest BCUT2D eigenvalue weighted by Gasteiger charge is -2.31. The second-order valence-electron chi connectivity index (χ2n) is 4.65. The van der Waals surface area contributed by atoms with Gasteiger partial charge in [-0.25, -0.2) is 0 Å². The van der Waals surface area contributed by atoms with Crippen LogP contribution in [0.1, 0.15) is 18.4 Å². The van der Waals surface area contributed by atoms with Crippen LogP contribution in [0.4, 0.5) is 0 Å². The molecule has 1 fully saturated rings. The van der Waals surface area contributed by atoms with Gasteiger partial charge in [-0.1, -0.05) is 12.1 Å². The molecule has 0 saturated carbocycles. The molecule has 0 spiro atoms. The smallest absolute Gasteiger partial charge is 0.134 e. The summed E-state index contributed by atoms with van der Waals surface area (Å²) in [6, 6.07) is 5.74. The summed E-state index contributed by atoms with van der Waals surface area (Å²) in [7, 11) is 0. The number of piperidine rings is 1. The van der Waals surface area contributed by atoms with E-state index in [0.717, 1.165) is 42.5 Å². The maximum absolute atomic E-state index is 9.91. The van der Waals surface area contributed by atoms with Crippen LogP contribution in [0.5, 0.6) is 5.75 Å². The first-order chi connectivity index (χ1) is 8.20. The molecule has 1 aliphatic rings. The van der Waals surface area contributed by atoms with Crippen LogP contribution in [-0.4, -0.2) is 34.8 Å². The molecule has 0 unspecified atom stereocenters. The highest BCUT2D eigenvalue weighted by atomic mass is 79.9. The lowest BCUT2D eigenvalue weighted by Crippen LogP contribution is -2.34. The molecule has 94 valence electrons. The summed E-state index contributed by atoms with van der Waals surface area (Å²) in [5, 5.41) is 19.0. The van der Waals surface area contributed by atoms with Crippen LogP contribution in [0.25, 0.3) is 0 Å². The van der Waals surface area contributed by atoms with Gasteiger partial charge in [-0.2, -0.15) is 0 Å². The number of likely N-dealkylation sites (tertiary alicyclic amines) is 1. The SMILES string of the molecule is OCC1CCN(Cc2cccc(Br)c2O)CC1. The summed E-state index contributed by atoms with van der Waals surface area (Å²) >= 11 is 3.33. The Morgan fingerprint density at radius 1 is 1.29 bits per heavy atom. The molecule has 0 aliphatic carbocycles. The molecule has 0 amide bonds. The third kappa shape index (κ3) is 3.21. The number of phenolic OH excluding ortho intramolecular Hbond substituents is 1. The zero-order valence-corrected chi connectivity index (χ0v) is 11.4. The average molecular weight is 300 g/mol. The standard InChI is InChI=1S/C13H18BrNO2/c14-12-3-1-2-11(13(12)17)8-15-6-4-10(9-16)5-7-15/h1-3,10,16-17H,4-9H2. The van der Waals surface area contributed by atoms with Crippen LogP contribution >= 0.6 is 15.9 Å². The van der Waals surface area contributed by atoms with E-state index in [4.69, 9.17) is 5.11 Å². The summed E-state index contributed by atoms with van der Waals surface area (Å²) in [4.78, 5) is 2.33. The number of nitrogens with zero attached hydrogens (tertiary/aromatic N) is 1. The van der Waals surface area contributed by atoms with Crippen molar-refractivity contribution in [2.75, 3.05) is 19.7 Å². The zero-order valence-electron chi connectivity index (χ0n) is 9.77. The Morgan fingerprint density at radius 3 is 2.65 bits per heavy atom. The molecule has 0 aromatic heterocycles. The minimum absolute atomic E-state index is 0.302. The van der Waals surface area contributed by atoms with Crippen LogP contribution in [-0.2, 0) is 6.54 Å². The van der Waals surface area contributed by atoms with Crippen molar-refractivity contribution in [3.8, 4) is 5.75 Å². The van der Waals surface area contributed by atoms with Gasteiger partial charge < -0.3 is 10.2 Å². The van der Waals surface area contributed by atoms with Gasteiger partial charge in [-0.05, 0) is 53.8 Å². The second-order valence-corrected chi connectivity index (χ2v) is 5.50. The van der Waals surface area contributed by atoms with Crippen molar-refractivity contribution < 1.29 is 10.2 Å². The van der Waals surface area contributed by atoms with E-state index in [1.54, 1.807) is 0 Å². The summed E-state index contributed by atoms with van der Waals surface area (Å²) in [6.45, 7) is 3.08. The van der Waals surface area contributed by atoms with Gasteiger partial charge >= 0.3 is 0 Å². The largest absolute Gasteiger partial charge is 0.506 e. The Bertz CT molecular complexity index is 376. The van der Waals surface area contributed by atoms with Crippen LogP contribution in [0.15, 0.2) is 22.7 Å². The minimum atomic E-state index is 0.302. The van der Waals surface area contributed by atoms with Crippen molar-refractivity contribution in [1.29, 1.82) is 0 Å². The Hall–Kier alpha value is -0.580. The normalized spacial score (nSPS) is 18.5. The first kappa shape index (κ1) is 12.9. The number of hydrogen-bond acceptors (Lipinski definition) is 3. The lowest BCUT2D eigenvalue weighted by atomic mass is 9.97. The van der Waals surface area contributed by atoms with E-state index in [2.05, 4.69) is 20.8 Å². The molecule has 17 heavy (non-hydrogen) atoms. The fourth-order valence-corrected chi connectivity index (χ4v) is 2.66. The van der Waals surface area contributed by atoms with Gasteiger partial charge in [0.05, 0.1) is 4.47 Å². The molecule has 4 heteroatoms. The van der Waals surface area contributed by atoms with Gasteiger partial charge in [0.15, 0.2) is 0 Å². The molecule has 0 atom stereocenters. The van der Waals surface area contributed by atoms with Crippen molar-refractivity contribution in [3.63, 3.8) is 0 Å². The highest BCUT2D eigenvalue weighted by molar-refractivity contribution is 9.10. The molecular weight excluding hydrogens is 282 g/mol. The number of hydrogen-bond donors (Lipinski definition) is 2. The number of aliphatic hydroxyl groups excluding tert-OH is 1. The monoisotopic (exact) mass is 299 g/mol. The maximum atomic E-state index is 9.91. The Balaban J connectivity index is 1.95.